The standard InChI is InChI=1S/C23H27N7O/c1-15(2)30-8-7-17(14-30)9-16-5-6-18(20(10-16)31-4)19-11-21(29-28-19)27-23-13-25-22(24-3)12-26-23/h5-6,10-13,15,17H,7-9,14H2,1-2,4H3,(H2,26,27,28,29)/t17-/m0/s1. The van der Waals surface area contributed by atoms with E-state index < -0.39 is 0 Å². The van der Waals surface area contributed by atoms with Crippen LogP contribution in [0, 0.1) is 12.5 Å². The van der Waals surface area contributed by atoms with Crippen LogP contribution < -0.4 is 10.1 Å². The normalized spacial score (nSPS) is 16.4. The Morgan fingerprint density at radius 1 is 1.26 bits per heavy atom. The highest BCUT2D eigenvalue weighted by molar-refractivity contribution is 5.71. The molecule has 8 nitrogen and oxygen atoms in total. The van der Waals surface area contributed by atoms with Crippen molar-refractivity contribution in [2.75, 3.05) is 25.5 Å². The zero-order valence-corrected chi connectivity index (χ0v) is 18.1. The summed E-state index contributed by atoms with van der Waals surface area (Å²) >= 11 is 0. The van der Waals surface area contributed by atoms with Crippen LogP contribution in [0.1, 0.15) is 25.8 Å². The van der Waals surface area contributed by atoms with E-state index in [-0.39, 0.29) is 5.82 Å². The predicted octanol–water partition coefficient (Wildman–Crippen LogP) is 4.44. The van der Waals surface area contributed by atoms with Crippen LogP contribution in [-0.4, -0.2) is 51.3 Å². The highest BCUT2D eigenvalue weighted by Crippen LogP contribution is 2.33. The molecule has 2 N–H and O–H groups in total. The van der Waals surface area contributed by atoms with Crippen LogP contribution in [0.15, 0.2) is 36.7 Å². The first-order chi connectivity index (χ1) is 15.1. The van der Waals surface area contributed by atoms with Crippen LogP contribution in [0.25, 0.3) is 16.1 Å². The summed E-state index contributed by atoms with van der Waals surface area (Å²) in [6, 6.07) is 8.92. The van der Waals surface area contributed by atoms with E-state index in [4.69, 9.17) is 11.3 Å². The topological polar surface area (TPSA) is 83.3 Å². The van der Waals surface area contributed by atoms with Gasteiger partial charge in [-0.25, -0.2) is 4.98 Å². The number of H-pyrrole nitrogens is 1. The second-order valence-electron chi connectivity index (χ2n) is 8.15. The molecule has 1 aliphatic rings. The number of likely N-dealkylation sites (tertiary alicyclic amines) is 1. The Labute approximate surface area is 182 Å². The summed E-state index contributed by atoms with van der Waals surface area (Å²) < 4.78 is 5.69. The van der Waals surface area contributed by atoms with E-state index in [1.54, 1.807) is 7.11 Å². The molecule has 0 bridgehead atoms. The van der Waals surface area contributed by atoms with Gasteiger partial charge in [-0.3, -0.25) is 5.10 Å². The summed E-state index contributed by atoms with van der Waals surface area (Å²) in [6.07, 6.45) is 5.25. The van der Waals surface area contributed by atoms with Gasteiger partial charge in [-0.1, -0.05) is 12.6 Å². The lowest BCUT2D eigenvalue weighted by atomic mass is 9.97. The van der Waals surface area contributed by atoms with Crippen molar-refractivity contribution in [1.82, 2.24) is 25.1 Å². The summed E-state index contributed by atoms with van der Waals surface area (Å²) in [6.45, 7) is 13.8. The molecule has 160 valence electrons. The van der Waals surface area contributed by atoms with Crippen molar-refractivity contribution in [2.24, 2.45) is 5.92 Å². The van der Waals surface area contributed by atoms with Gasteiger partial charge in [0.25, 0.3) is 5.82 Å². The van der Waals surface area contributed by atoms with E-state index in [9.17, 15) is 0 Å². The molecule has 3 aromatic rings. The van der Waals surface area contributed by atoms with Gasteiger partial charge in [0.1, 0.15) is 5.75 Å². The molecule has 3 heterocycles. The van der Waals surface area contributed by atoms with E-state index in [1.165, 1.54) is 30.9 Å². The molecule has 4 rings (SSSR count). The maximum absolute atomic E-state index is 6.95. The molecule has 0 amide bonds. The number of hydrogen-bond acceptors (Lipinski definition) is 6. The molecule has 1 aromatic carbocycles. The first-order valence-electron chi connectivity index (χ1n) is 10.5. The fraction of sp³-hybridized carbons (Fsp3) is 0.391. The number of benzene rings is 1. The molecular weight excluding hydrogens is 390 g/mol. The zero-order chi connectivity index (χ0) is 21.8. The minimum absolute atomic E-state index is 0.257. The van der Waals surface area contributed by atoms with Gasteiger partial charge in [-0.2, -0.15) is 5.10 Å². The fourth-order valence-corrected chi connectivity index (χ4v) is 4.02. The number of aromatic nitrogens is 4. The summed E-state index contributed by atoms with van der Waals surface area (Å²) in [5.74, 6) is 2.92. The van der Waals surface area contributed by atoms with Gasteiger partial charge in [0.15, 0.2) is 17.8 Å². The molecule has 2 aromatic heterocycles. The second kappa shape index (κ2) is 9.14. The van der Waals surface area contributed by atoms with E-state index in [2.05, 4.69) is 67.3 Å². The Kier molecular flexibility index (Phi) is 6.14. The highest BCUT2D eigenvalue weighted by Gasteiger charge is 2.24. The SMILES string of the molecule is [C-]#[N+]c1cnc(Nc2cc(-c3ccc(C[C@@H]4CCN(C(C)C)C4)cc3OC)[nH]n2)cn1. The van der Waals surface area contributed by atoms with Crippen molar-refractivity contribution in [1.29, 1.82) is 0 Å². The number of nitrogens with one attached hydrogen (secondary N) is 2. The van der Waals surface area contributed by atoms with Crippen LogP contribution in [0.2, 0.25) is 0 Å². The van der Waals surface area contributed by atoms with E-state index in [0.717, 1.165) is 30.0 Å². The molecule has 1 aliphatic heterocycles. The average Bonchev–Trinajstić information content (AvgIpc) is 3.44. The molecule has 0 unspecified atom stereocenters. The van der Waals surface area contributed by atoms with E-state index in [1.807, 2.05) is 6.07 Å². The maximum Gasteiger partial charge on any atom is 0.288 e. The third-order valence-corrected chi connectivity index (χ3v) is 5.71. The van der Waals surface area contributed by atoms with Crippen molar-refractivity contribution >= 4 is 17.5 Å². The Morgan fingerprint density at radius 2 is 2.13 bits per heavy atom. The van der Waals surface area contributed by atoms with Crippen LogP contribution >= 0.6 is 0 Å². The van der Waals surface area contributed by atoms with Gasteiger partial charge < -0.3 is 19.8 Å². The number of hydrogen-bond donors (Lipinski definition) is 2. The van der Waals surface area contributed by atoms with Gasteiger partial charge >= 0.3 is 0 Å². The summed E-state index contributed by atoms with van der Waals surface area (Å²) in [4.78, 5) is 14.0. The predicted molar refractivity (Wildman–Crippen MR) is 121 cm³/mol. The van der Waals surface area contributed by atoms with Crippen molar-refractivity contribution < 1.29 is 4.74 Å². The number of ether oxygens (including phenoxy) is 1. The van der Waals surface area contributed by atoms with E-state index in [0.29, 0.717) is 23.6 Å². The van der Waals surface area contributed by atoms with Gasteiger partial charge in [0, 0.05) is 24.2 Å². The third kappa shape index (κ3) is 4.84. The lowest BCUT2D eigenvalue weighted by molar-refractivity contribution is 0.265. The maximum atomic E-state index is 6.95. The van der Waals surface area contributed by atoms with Crippen molar-refractivity contribution in [3.8, 4) is 17.0 Å². The third-order valence-electron chi connectivity index (χ3n) is 5.71. The first-order valence-corrected chi connectivity index (χ1v) is 10.5. The Bertz CT molecular complexity index is 1070. The lowest BCUT2D eigenvalue weighted by Gasteiger charge is -2.20. The molecule has 1 saturated heterocycles. The lowest BCUT2D eigenvalue weighted by Crippen LogP contribution is -2.28. The summed E-state index contributed by atoms with van der Waals surface area (Å²) in [7, 11) is 1.70. The minimum Gasteiger partial charge on any atom is -0.496 e. The minimum atomic E-state index is 0.257. The molecular formula is C23H27N7O. The molecule has 1 atom stereocenters. The van der Waals surface area contributed by atoms with Crippen molar-refractivity contribution in [3.05, 3.63) is 53.6 Å². The zero-order valence-electron chi connectivity index (χ0n) is 18.1. The molecule has 0 spiro atoms. The smallest absolute Gasteiger partial charge is 0.288 e. The van der Waals surface area contributed by atoms with Crippen LogP contribution in [0.4, 0.5) is 17.5 Å². The summed E-state index contributed by atoms with van der Waals surface area (Å²) in [5.41, 5.74) is 3.10. The second-order valence-corrected chi connectivity index (χ2v) is 8.15. The van der Waals surface area contributed by atoms with Crippen LogP contribution in [0.3, 0.4) is 0 Å². The molecule has 8 heteroatoms. The Morgan fingerprint density at radius 3 is 2.81 bits per heavy atom. The van der Waals surface area contributed by atoms with Crippen LogP contribution in [0.5, 0.6) is 5.75 Å². The average molecular weight is 418 g/mol. The number of methoxy groups -OCH3 is 1. The van der Waals surface area contributed by atoms with Crippen molar-refractivity contribution in [2.45, 2.75) is 32.7 Å². The number of anilines is 2. The van der Waals surface area contributed by atoms with Gasteiger partial charge in [-0.05, 0) is 56.8 Å². The number of aromatic amines is 1. The summed E-state index contributed by atoms with van der Waals surface area (Å²) in [5, 5.41) is 10.5. The number of rotatable bonds is 7. The highest BCUT2D eigenvalue weighted by atomic mass is 16.5. The van der Waals surface area contributed by atoms with Gasteiger partial charge in [0.2, 0.25) is 0 Å². The molecule has 0 aliphatic carbocycles. The number of nitrogens with zero attached hydrogens (tertiary/aromatic N) is 5. The fourth-order valence-electron chi connectivity index (χ4n) is 4.02. The van der Waals surface area contributed by atoms with E-state index >= 15 is 0 Å². The molecule has 0 saturated carbocycles. The van der Waals surface area contributed by atoms with Crippen molar-refractivity contribution in [3.63, 3.8) is 0 Å². The Balaban J connectivity index is 1.46. The molecule has 0 radical (unpaired) electrons. The van der Waals surface area contributed by atoms with Gasteiger partial charge in [0.05, 0.1) is 19.0 Å². The molecule has 1 fully saturated rings. The molecule has 31 heavy (non-hydrogen) atoms. The monoisotopic (exact) mass is 417 g/mol. The quantitative estimate of drug-likeness (QED) is 0.553. The largest absolute Gasteiger partial charge is 0.496 e. The Hall–Kier alpha value is -3.44. The van der Waals surface area contributed by atoms with Gasteiger partial charge in [-0.15, -0.1) is 4.98 Å². The van der Waals surface area contributed by atoms with Crippen LogP contribution in [-0.2, 0) is 6.42 Å². The first kappa shape index (κ1) is 20.8.